The van der Waals surface area contributed by atoms with Gasteiger partial charge in [0.05, 0.1) is 42.6 Å². The van der Waals surface area contributed by atoms with E-state index < -0.39 is 86.1 Å². The molecule has 5 saturated heterocycles. The summed E-state index contributed by atoms with van der Waals surface area (Å²) in [6.45, 7) is 5.89. The second-order valence-corrected chi connectivity index (χ2v) is 30.4. The van der Waals surface area contributed by atoms with Crippen LogP contribution < -0.4 is 5.32 Å². The number of fused-ring (bicyclic) bond motifs is 5. The van der Waals surface area contributed by atoms with Crippen molar-refractivity contribution in [3.8, 4) is 0 Å². The van der Waals surface area contributed by atoms with Gasteiger partial charge in [-0.2, -0.15) is 0 Å². The molecule has 0 radical (unpaired) electrons. The van der Waals surface area contributed by atoms with Crippen molar-refractivity contribution in [1.82, 2.24) is 10.2 Å². The molecule has 24 atom stereocenters. The number of rotatable bonds is 9. The number of cyclic esters (lactones) is 2. The smallest absolute Gasteiger partial charge is 0.339 e. The number of aliphatic hydroxyl groups excluding tert-OH is 3. The zero-order chi connectivity index (χ0) is 54.6. The van der Waals surface area contributed by atoms with Gasteiger partial charge in [0.15, 0.2) is 11.9 Å². The number of nitrogens with one attached hydrogen (secondary N) is 1. The van der Waals surface area contributed by atoms with Crippen LogP contribution in [0.2, 0.25) is 0 Å². The molecule has 0 amide bonds. The first-order valence-electron chi connectivity index (χ1n) is 32.1. The molecule has 7 aliphatic heterocycles. The van der Waals surface area contributed by atoms with Gasteiger partial charge in [0.1, 0.15) is 41.2 Å². The lowest BCUT2D eigenvalue weighted by Gasteiger charge is -2.74. The summed E-state index contributed by atoms with van der Waals surface area (Å²) in [4.78, 5) is 51.4. The van der Waals surface area contributed by atoms with Gasteiger partial charge in [0.25, 0.3) is 0 Å². The molecule has 81 heavy (non-hydrogen) atoms. The fraction of sp³-hybridized carbons (Fsp3) is 0.721. The van der Waals surface area contributed by atoms with E-state index in [2.05, 4.69) is 84.9 Å². The molecule has 24 unspecified atom stereocenters. The number of carbonyl (C=O) groups is 3. The molecular weight excluding hydrogens is 1020 g/mol. The molecule has 4 N–H and O–H groups in total. The van der Waals surface area contributed by atoms with E-state index in [-0.39, 0.29) is 65.9 Å². The number of hydrogen-bond donors (Lipinski definition) is 4. The van der Waals surface area contributed by atoms with E-state index >= 15 is 14.4 Å². The number of carbonyl (C=O) groups excluding carboxylic acids is 3. The van der Waals surface area contributed by atoms with Gasteiger partial charge in [-0.05, 0) is 178 Å². The lowest BCUT2D eigenvalue weighted by molar-refractivity contribution is -0.310. The zero-order valence-corrected chi connectivity index (χ0v) is 47.3. The summed E-state index contributed by atoms with van der Waals surface area (Å²) in [5.74, 6) is -0.449. The number of ketones is 1. The van der Waals surface area contributed by atoms with Crippen LogP contribution in [0.4, 0.5) is 0 Å². The molecule has 13 heteroatoms. The first-order chi connectivity index (χ1) is 39.2. The Morgan fingerprint density at radius 3 is 2.62 bits per heavy atom. The third-order valence-corrected chi connectivity index (χ3v) is 28.4. The molecule has 8 saturated carbocycles. The minimum Gasteiger partial charge on any atom is -0.469 e. The minimum atomic E-state index is -1.50. The zero-order valence-electron chi connectivity index (χ0n) is 47.3. The van der Waals surface area contributed by atoms with Crippen LogP contribution in [0.5, 0.6) is 0 Å². The summed E-state index contributed by atoms with van der Waals surface area (Å²) < 4.78 is 36.6. The number of Topliss-reactive ketones (excluding diaryl/α,β-unsaturated/α-hetero) is 1. The minimum absolute atomic E-state index is 0.0257. The highest BCUT2D eigenvalue weighted by atomic mass is 16.7. The van der Waals surface area contributed by atoms with Crippen LogP contribution in [-0.4, -0.2) is 106 Å². The largest absolute Gasteiger partial charge is 0.469 e. The van der Waals surface area contributed by atoms with Crippen LogP contribution in [0.25, 0.3) is 0 Å². The monoisotopic (exact) mass is 1100 g/mol. The van der Waals surface area contributed by atoms with Gasteiger partial charge in [-0.25, -0.2) is 4.79 Å². The van der Waals surface area contributed by atoms with Gasteiger partial charge >= 0.3 is 11.9 Å². The Bertz CT molecular complexity index is 3150. The SMILES string of the molecule is CC12CC=C3CC4CC5C=CC67C(=O)OCC8(C1C(=O)C(O)C1(C9CCCC(Cc%10ccccc%10)C9)C8C(CC8(C)C(c9ccoc9CC(C(O)CO)C9CCC%10C(C=CN%11CNCC%10%11)C9)OC(=O)C9OC981)CC46C51CCCC1)C37O2. The van der Waals surface area contributed by atoms with Crippen molar-refractivity contribution in [2.24, 2.45) is 97.6 Å². The maximum Gasteiger partial charge on any atom is 0.339 e. The lowest BCUT2D eigenvalue weighted by atomic mass is 9.28. The van der Waals surface area contributed by atoms with Crippen LogP contribution in [-0.2, 0) is 46.2 Å². The van der Waals surface area contributed by atoms with Crippen LogP contribution in [0.15, 0.2) is 83.2 Å². The number of epoxide rings is 1. The molecule has 6 bridgehead atoms. The second-order valence-electron chi connectivity index (χ2n) is 30.4. The fourth-order valence-corrected chi connectivity index (χ4v) is 26.6. The number of allylic oxidation sites excluding steroid dienone is 2. The summed E-state index contributed by atoms with van der Waals surface area (Å²) in [6.07, 6.45) is 24.5. The quantitative estimate of drug-likeness (QED) is 0.107. The van der Waals surface area contributed by atoms with Crippen LogP contribution >= 0.6 is 0 Å². The number of benzene rings is 1. The molecule has 1 aromatic carbocycles. The molecule has 8 heterocycles. The summed E-state index contributed by atoms with van der Waals surface area (Å²) in [6, 6.07) is 13.2. The molecule has 6 spiro atoms. The third-order valence-electron chi connectivity index (χ3n) is 28.4. The van der Waals surface area contributed by atoms with Crippen LogP contribution in [0, 0.1) is 97.6 Å². The Kier molecular flexibility index (Phi) is 10.1. The highest BCUT2D eigenvalue weighted by Gasteiger charge is 3.01. The maximum atomic E-state index is 17.0. The van der Waals surface area contributed by atoms with Crippen molar-refractivity contribution in [2.45, 2.75) is 177 Å². The first kappa shape index (κ1) is 50.2. The molecule has 16 aliphatic rings. The lowest BCUT2D eigenvalue weighted by Crippen LogP contribution is -2.84. The van der Waals surface area contributed by atoms with Gasteiger partial charge in [-0.3, -0.25) is 14.9 Å². The summed E-state index contributed by atoms with van der Waals surface area (Å²) in [7, 11) is 0. The van der Waals surface area contributed by atoms with Crippen molar-refractivity contribution in [2.75, 3.05) is 26.4 Å². The normalized spacial score (nSPS) is 52.4. The molecule has 18 rings (SSSR count). The fourth-order valence-electron chi connectivity index (χ4n) is 26.6. The number of hydrogen-bond acceptors (Lipinski definition) is 13. The third kappa shape index (κ3) is 5.37. The second kappa shape index (κ2) is 16.2. The number of nitrogens with zero attached hydrogens (tertiary/aromatic N) is 1. The van der Waals surface area contributed by atoms with Crippen molar-refractivity contribution in [3.63, 3.8) is 0 Å². The van der Waals surface area contributed by atoms with E-state index in [0.717, 1.165) is 115 Å². The molecule has 13 nitrogen and oxygen atoms in total. The Balaban J connectivity index is 0.844. The number of furan rings is 1. The van der Waals surface area contributed by atoms with Gasteiger partial charge in [0.2, 0.25) is 0 Å². The van der Waals surface area contributed by atoms with Gasteiger partial charge in [-0.15, -0.1) is 0 Å². The van der Waals surface area contributed by atoms with E-state index in [0.29, 0.717) is 48.8 Å². The van der Waals surface area contributed by atoms with Crippen molar-refractivity contribution in [1.29, 1.82) is 0 Å². The average molecular weight is 1100 g/mol. The first-order valence-corrected chi connectivity index (χ1v) is 32.1. The van der Waals surface area contributed by atoms with Crippen LogP contribution in [0.1, 0.15) is 140 Å². The number of ether oxygens (including phenoxy) is 4. The average Bonchev–Trinajstić information content (AvgIpc) is 2.04. The van der Waals surface area contributed by atoms with Gasteiger partial charge in [-0.1, -0.05) is 87.2 Å². The molecule has 9 aliphatic carbocycles. The van der Waals surface area contributed by atoms with Crippen molar-refractivity contribution < 1.29 is 53.1 Å². The van der Waals surface area contributed by atoms with Crippen LogP contribution in [0.3, 0.4) is 0 Å². The molecule has 1 aromatic heterocycles. The topological polar surface area (TPSA) is 181 Å². The number of aliphatic hydroxyl groups is 3. The molecular formula is C68H82N2O11. The highest BCUT2D eigenvalue weighted by Crippen LogP contribution is 2.94. The Labute approximate surface area is 475 Å². The molecule has 13 fully saturated rings. The summed E-state index contributed by atoms with van der Waals surface area (Å²) >= 11 is 0. The maximum absolute atomic E-state index is 17.0. The number of esters is 2. The standard InChI is InChI=1S/C68H82N2O11/c1-60-31-41-32-65-45-28-42(62(65)19-6-7-20-62)16-22-64(65)59(76)78-35-63-53(41)66(43-12-8-11-38(26-43)25-37-9-4-3-5-10-37,55(74)52(73)54(63)61(2)21-15-44(29-45)67(63,64)81-61)68(60)57(80-68)58(75)79-56(60)47-18-24-77-51(47)30-48(50(72)34-71)39-13-14-46-40(27-39)17-23-70-36-69-33-49(46)70/h3-5,9-10,15-18,22-24,38-43,45-46,48-50,53-57,69,71-72,74H,6-8,11-14,19-21,25-36H2,1-2H3. The Hall–Kier alpha value is -4.11. The molecule has 430 valence electrons. The Morgan fingerprint density at radius 1 is 0.926 bits per heavy atom. The van der Waals surface area contributed by atoms with Crippen molar-refractivity contribution >= 4 is 17.7 Å². The van der Waals surface area contributed by atoms with E-state index in [9.17, 15) is 15.3 Å². The Morgan fingerprint density at radius 2 is 1.78 bits per heavy atom. The van der Waals surface area contributed by atoms with E-state index in [1.54, 1.807) is 6.26 Å². The van der Waals surface area contributed by atoms with E-state index in [1.165, 1.54) is 11.1 Å². The summed E-state index contributed by atoms with van der Waals surface area (Å²) in [5.41, 5.74) is -5.74. The summed E-state index contributed by atoms with van der Waals surface area (Å²) in [5, 5.41) is 40.9. The van der Waals surface area contributed by atoms with Gasteiger partial charge < -0.3 is 43.6 Å². The van der Waals surface area contributed by atoms with Crippen molar-refractivity contribution in [3.05, 3.63) is 95.6 Å². The predicted octanol–water partition coefficient (Wildman–Crippen LogP) is 8.50. The molecule has 2 aromatic rings. The van der Waals surface area contributed by atoms with E-state index in [4.69, 9.17) is 23.4 Å². The highest BCUT2D eigenvalue weighted by molar-refractivity contribution is 5.95. The predicted molar refractivity (Wildman–Crippen MR) is 294 cm³/mol. The van der Waals surface area contributed by atoms with E-state index in [1.807, 2.05) is 6.07 Å². The van der Waals surface area contributed by atoms with Gasteiger partial charge in [0, 0.05) is 40.8 Å².